The van der Waals surface area contributed by atoms with Crippen molar-refractivity contribution in [3.05, 3.63) is 95.6 Å². The molecule has 2 N–H and O–H groups in total. The Bertz CT molecular complexity index is 1040. The van der Waals surface area contributed by atoms with Crippen molar-refractivity contribution in [2.45, 2.75) is 18.6 Å². The van der Waals surface area contributed by atoms with Gasteiger partial charge < -0.3 is 14.6 Å². The maximum absolute atomic E-state index is 12.3. The number of hydrogen-bond acceptors (Lipinski definition) is 6. The summed E-state index contributed by atoms with van der Waals surface area (Å²) in [4.78, 5) is 12.3. The molecule has 0 amide bonds. The molecule has 0 spiro atoms. The molecule has 3 rings (SSSR count). The molecule has 1 unspecified atom stereocenters. The number of benzene rings is 3. The molecule has 0 heterocycles. The standard InChI is InChI=1S/C22H20O7S.Na/c23-21(22(24)30(25,26)27)18-11-19(28-14-16-7-3-1-4-8-16)13-20(12-18)29-15-17-9-5-2-6-10-17;/h1-13,22,24H,14-15H2,(H,25,26,27);/q;+1. The molecule has 0 saturated carbocycles. The summed E-state index contributed by atoms with van der Waals surface area (Å²) in [7, 11) is -4.96. The van der Waals surface area contributed by atoms with Crippen molar-refractivity contribution < 1.29 is 61.9 Å². The van der Waals surface area contributed by atoms with Gasteiger partial charge in [-0.3, -0.25) is 9.35 Å². The minimum Gasteiger partial charge on any atom is -0.489 e. The van der Waals surface area contributed by atoms with E-state index in [1.165, 1.54) is 12.1 Å². The first-order valence-electron chi connectivity index (χ1n) is 9.00. The molecule has 7 nitrogen and oxygen atoms in total. The van der Waals surface area contributed by atoms with Gasteiger partial charge in [-0.05, 0) is 23.3 Å². The van der Waals surface area contributed by atoms with E-state index in [0.717, 1.165) is 11.1 Å². The summed E-state index contributed by atoms with van der Waals surface area (Å²) < 4.78 is 42.7. The zero-order chi connectivity index (χ0) is 21.6. The second-order valence-corrected chi connectivity index (χ2v) is 7.95. The predicted octanol–water partition coefficient (Wildman–Crippen LogP) is 0.238. The van der Waals surface area contributed by atoms with E-state index in [1.54, 1.807) is 6.07 Å². The third-order valence-corrected chi connectivity index (χ3v) is 4.95. The molecule has 31 heavy (non-hydrogen) atoms. The van der Waals surface area contributed by atoms with Crippen molar-refractivity contribution >= 4 is 15.9 Å². The molecular formula is C22H20NaO7S+. The monoisotopic (exact) mass is 451 g/mol. The Hall–Kier alpha value is -2.20. The Morgan fingerprint density at radius 3 is 1.61 bits per heavy atom. The summed E-state index contributed by atoms with van der Waals surface area (Å²) in [6, 6.07) is 22.8. The summed E-state index contributed by atoms with van der Waals surface area (Å²) in [5.41, 5.74) is -0.990. The first-order valence-corrected chi connectivity index (χ1v) is 10.5. The molecule has 0 aliphatic heterocycles. The normalized spacial score (nSPS) is 11.8. The van der Waals surface area contributed by atoms with Crippen LogP contribution in [-0.4, -0.2) is 29.3 Å². The van der Waals surface area contributed by atoms with Crippen LogP contribution < -0.4 is 39.0 Å². The summed E-state index contributed by atoms with van der Waals surface area (Å²) in [6.45, 7) is 0.412. The Morgan fingerprint density at radius 2 is 1.23 bits per heavy atom. The smallest absolute Gasteiger partial charge is 0.489 e. The predicted molar refractivity (Wildman–Crippen MR) is 110 cm³/mol. The van der Waals surface area contributed by atoms with Gasteiger partial charge in [0.1, 0.15) is 24.7 Å². The quantitative estimate of drug-likeness (QED) is 0.272. The van der Waals surface area contributed by atoms with E-state index in [2.05, 4.69) is 0 Å². The van der Waals surface area contributed by atoms with E-state index in [1.807, 2.05) is 60.7 Å². The fraction of sp³-hybridized carbons (Fsp3) is 0.136. The van der Waals surface area contributed by atoms with Gasteiger partial charge in [0.15, 0.2) is 0 Å². The first kappa shape index (κ1) is 25.1. The number of aliphatic hydroxyl groups is 1. The first-order chi connectivity index (χ1) is 14.3. The van der Waals surface area contributed by atoms with Crippen LogP contribution in [0.2, 0.25) is 0 Å². The molecule has 156 valence electrons. The van der Waals surface area contributed by atoms with Gasteiger partial charge in [-0.15, -0.1) is 0 Å². The molecule has 0 aromatic heterocycles. The Morgan fingerprint density at radius 1 is 0.806 bits per heavy atom. The Labute approximate surface area is 202 Å². The molecule has 9 heteroatoms. The van der Waals surface area contributed by atoms with Crippen molar-refractivity contribution in [1.29, 1.82) is 0 Å². The summed E-state index contributed by atoms with van der Waals surface area (Å²) in [6.07, 6.45) is 0. The van der Waals surface area contributed by atoms with E-state index >= 15 is 0 Å². The average Bonchev–Trinajstić information content (AvgIpc) is 2.76. The molecule has 0 saturated heterocycles. The maximum atomic E-state index is 12.3. The number of ether oxygens (including phenoxy) is 2. The summed E-state index contributed by atoms with van der Waals surface area (Å²) in [5, 5.41) is 9.64. The second kappa shape index (κ2) is 11.4. The van der Waals surface area contributed by atoms with Gasteiger partial charge in [0.25, 0.3) is 10.1 Å². The minimum atomic E-state index is -4.96. The molecule has 0 fully saturated rings. The van der Waals surface area contributed by atoms with Crippen LogP contribution in [0.3, 0.4) is 0 Å². The van der Waals surface area contributed by atoms with Crippen molar-refractivity contribution in [2.24, 2.45) is 0 Å². The third-order valence-electron chi connectivity index (χ3n) is 4.17. The van der Waals surface area contributed by atoms with Gasteiger partial charge in [0.05, 0.1) is 0 Å². The molecule has 0 radical (unpaired) electrons. The van der Waals surface area contributed by atoms with Gasteiger partial charge in [-0.1, -0.05) is 60.7 Å². The molecule has 3 aromatic rings. The fourth-order valence-electron chi connectivity index (χ4n) is 2.64. The van der Waals surface area contributed by atoms with Crippen LogP contribution >= 0.6 is 0 Å². The van der Waals surface area contributed by atoms with E-state index in [0.29, 0.717) is 0 Å². The third kappa shape index (κ3) is 7.46. The van der Waals surface area contributed by atoms with Crippen LogP contribution in [-0.2, 0) is 23.3 Å². The van der Waals surface area contributed by atoms with E-state index < -0.39 is 21.3 Å². The van der Waals surface area contributed by atoms with Gasteiger partial charge in [-0.2, -0.15) is 8.42 Å². The number of Topliss-reactive ketones (excluding diaryl/α,β-unsaturated/α-hetero) is 1. The summed E-state index contributed by atoms with van der Waals surface area (Å²) >= 11 is 0. The molecular weight excluding hydrogens is 431 g/mol. The molecule has 3 aromatic carbocycles. The van der Waals surface area contributed by atoms with Crippen molar-refractivity contribution in [3.8, 4) is 11.5 Å². The van der Waals surface area contributed by atoms with Crippen molar-refractivity contribution in [2.75, 3.05) is 0 Å². The van der Waals surface area contributed by atoms with E-state index in [9.17, 15) is 18.3 Å². The van der Waals surface area contributed by atoms with Crippen LogP contribution in [0.1, 0.15) is 21.5 Å². The second-order valence-electron chi connectivity index (χ2n) is 6.47. The van der Waals surface area contributed by atoms with Crippen LogP contribution in [0, 0.1) is 0 Å². The topological polar surface area (TPSA) is 110 Å². The molecule has 0 bridgehead atoms. The largest absolute Gasteiger partial charge is 1.00 e. The maximum Gasteiger partial charge on any atom is 1.00 e. The summed E-state index contributed by atoms with van der Waals surface area (Å²) in [5.74, 6) is -0.696. The van der Waals surface area contributed by atoms with Crippen LogP contribution in [0.15, 0.2) is 78.9 Å². The number of aliphatic hydroxyl groups excluding tert-OH is 1. The average molecular weight is 451 g/mol. The van der Waals surface area contributed by atoms with Gasteiger partial charge >= 0.3 is 29.6 Å². The SMILES string of the molecule is O=C(c1cc(OCc2ccccc2)cc(OCc2ccccc2)c1)C(O)S(=O)(=O)O.[Na+]. The Balaban J connectivity index is 0.00000341. The molecule has 0 aliphatic rings. The van der Waals surface area contributed by atoms with Crippen LogP contribution in [0.4, 0.5) is 0 Å². The van der Waals surface area contributed by atoms with Crippen molar-refractivity contribution in [1.82, 2.24) is 0 Å². The van der Waals surface area contributed by atoms with Gasteiger partial charge in [0.2, 0.25) is 11.2 Å². The van der Waals surface area contributed by atoms with Gasteiger partial charge in [-0.25, -0.2) is 0 Å². The zero-order valence-corrected chi connectivity index (χ0v) is 19.7. The number of carbonyl (C=O) groups is 1. The Kier molecular flexibility index (Phi) is 9.24. The van der Waals surface area contributed by atoms with Gasteiger partial charge in [0, 0.05) is 11.6 Å². The van der Waals surface area contributed by atoms with Crippen LogP contribution in [0.5, 0.6) is 11.5 Å². The van der Waals surface area contributed by atoms with Crippen molar-refractivity contribution in [3.63, 3.8) is 0 Å². The molecule has 1 atom stereocenters. The van der Waals surface area contributed by atoms with E-state index in [4.69, 9.17) is 14.0 Å². The number of ketones is 1. The number of hydrogen-bond donors (Lipinski definition) is 2. The van der Waals surface area contributed by atoms with E-state index in [-0.39, 0.29) is 59.8 Å². The zero-order valence-electron chi connectivity index (χ0n) is 16.8. The number of rotatable bonds is 9. The number of carbonyl (C=O) groups excluding carboxylic acids is 1. The fourth-order valence-corrected chi connectivity index (χ4v) is 3.05. The molecule has 0 aliphatic carbocycles. The minimum absolute atomic E-state index is 0. The van der Waals surface area contributed by atoms with Crippen LogP contribution in [0.25, 0.3) is 0 Å².